The number of guanidine groups is 1. The van der Waals surface area contributed by atoms with E-state index in [9.17, 15) is 0 Å². The van der Waals surface area contributed by atoms with Crippen LogP contribution in [0.4, 0.5) is 0 Å². The van der Waals surface area contributed by atoms with Crippen molar-refractivity contribution in [3.8, 4) is 6.19 Å². The summed E-state index contributed by atoms with van der Waals surface area (Å²) in [6, 6.07) is 0. The first-order valence-electron chi connectivity index (χ1n) is 3.96. The molecule has 0 atom stereocenters. The van der Waals surface area contributed by atoms with E-state index in [4.69, 9.17) is 5.26 Å². The molecule has 0 fully saturated rings. The maximum atomic E-state index is 8.35. The van der Waals surface area contributed by atoms with Gasteiger partial charge >= 0.3 is 0 Å². The molecule has 1 N–H and O–H groups in total. The first kappa shape index (κ1) is 10.8. The van der Waals surface area contributed by atoms with E-state index in [0.717, 1.165) is 6.54 Å². The summed E-state index contributed by atoms with van der Waals surface area (Å²) in [5.41, 5.74) is 0. The van der Waals surface area contributed by atoms with Gasteiger partial charge in [0.15, 0.2) is 0 Å². The highest BCUT2D eigenvalue weighted by atomic mass is 15.3. The standard InChI is InChI=1S/C8H16N4/c1-7(2)5-10-8(11-6-9)12(3)4/h7H,5H2,1-4H3,(H,10,11). The van der Waals surface area contributed by atoms with Gasteiger partial charge in [-0.05, 0) is 5.92 Å². The number of aliphatic imine (C=N–C) groups is 1. The molecule has 68 valence electrons. The second kappa shape index (κ2) is 5.42. The third-order valence-electron chi connectivity index (χ3n) is 1.25. The van der Waals surface area contributed by atoms with Crippen molar-refractivity contribution in [1.29, 1.82) is 5.26 Å². The second-order valence-electron chi connectivity index (χ2n) is 3.20. The van der Waals surface area contributed by atoms with Gasteiger partial charge in [0, 0.05) is 20.6 Å². The number of nitrogens with zero attached hydrogens (tertiary/aromatic N) is 3. The molecule has 0 rings (SSSR count). The Balaban J connectivity index is 4.00. The summed E-state index contributed by atoms with van der Waals surface area (Å²) in [7, 11) is 3.70. The van der Waals surface area contributed by atoms with Gasteiger partial charge in [0.25, 0.3) is 0 Å². The van der Waals surface area contributed by atoms with Gasteiger partial charge < -0.3 is 10.2 Å². The van der Waals surface area contributed by atoms with Crippen molar-refractivity contribution in [2.75, 3.05) is 20.6 Å². The van der Waals surface area contributed by atoms with Crippen molar-refractivity contribution in [2.45, 2.75) is 13.8 Å². The molecule has 4 heteroatoms. The molecule has 0 saturated heterocycles. The van der Waals surface area contributed by atoms with Crippen LogP contribution in [0.25, 0.3) is 0 Å². The molecule has 0 aliphatic rings. The predicted molar refractivity (Wildman–Crippen MR) is 49.6 cm³/mol. The lowest BCUT2D eigenvalue weighted by molar-refractivity contribution is 0.551. The Kier molecular flexibility index (Phi) is 4.86. The van der Waals surface area contributed by atoms with Crippen LogP contribution in [0.5, 0.6) is 0 Å². The number of nitrogens with one attached hydrogen (secondary N) is 1. The molecular weight excluding hydrogens is 152 g/mol. The zero-order valence-corrected chi connectivity index (χ0v) is 8.13. The first-order valence-corrected chi connectivity index (χ1v) is 3.96. The summed E-state index contributed by atoms with van der Waals surface area (Å²) < 4.78 is 0. The Morgan fingerprint density at radius 1 is 1.58 bits per heavy atom. The van der Waals surface area contributed by atoms with Crippen LogP contribution in [0.15, 0.2) is 4.99 Å². The van der Waals surface area contributed by atoms with Crippen LogP contribution in [0, 0.1) is 17.4 Å². The van der Waals surface area contributed by atoms with Crippen LogP contribution in [0.1, 0.15) is 13.8 Å². The highest BCUT2D eigenvalue weighted by Gasteiger charge is 2.01. The van der Waals surface area contributed by atoms with Gasteiger partial charge in [-0.2, -0.15) is 5.26 Å². The molecule has 0 unspecified atom stereocenters. The third-order valence-corrected chi connectivity index (χ3v) is 1.25. The fraction of sp³-hybridized carbons (Fsp3) is 0.750. The maximum Gasteiger partial charge on any atom is 0.209 e. The van der Waals surface area contributed by atoms with E-state index in [1.54, 1.807) is 11.1 Å². The monoisotopic (exact) mass is 168 g/mol. The van der Waals surface area contributed by atoms with Crippen LogP contribution in [0.3, 0.4) is 0 Å². The largest absolute Gasteiger partial charge is 0.355 e. The Bertz CT molecular complexity index is 188. The highest BCUT2D eigenvalue weighted by Crippen LogP contribution is 1.88. The van der Waals surface area contributed by atoms with Crippen molar-refractivity contribution < 1.29 is 0 Å². The van der Waals surface area contributed by atoms with E-state index in [0.29, 0.717) is 11.9 Å². The van der Waals surface area contributed by atoms with Gasteiger partial charge in [0.05, 0.1) is 0 Å². The van der Waals surface area contributed by atoms with E-state index in [1.807, 2.05) is 14.1 Å². The molecule has 12 heavy (non-hydrogen) atoms. The van der Waals surface area contributed by atoms with Crippen molar-refractivity contribution >= 4 is 5.96 Å². The molecule has 0 aromatic rings. The number of hydrogen-bond acceptors (Lipinski definition) is 2. The summed E-state index contributed by atoms with van der Waals surface area (Å²) in [6.45, 7) is 5.04. The smallest absolute Gasteiger partial charge is 0.209 e. The van der Waals surface area contributed by atoms with Crippen molar-refractivity contribution in [1.82, 2.24) is 10.2 Å². The number of rotatable bonds is 2. The SMILES string of the molecule is CC(C)CN/C(=N/C#N)N(C)C. The summed E-state index contributed by atoms with van der Waals surface area (Å²) in [5, 5.41) is 11.4. The quantitative estimate of drug-likeness (QED) is 0.374. The molecule has 0 radical (unpaired) electrons. The summed E-state index contributed by atoms with van der Waals surface area (Å²) in [5.74, 6) is 1.17. The lowest BCUT2D eigenvalue weighted by Crippen LogP contribution is -2.38. The van der Waals surface area contributed by atoms with Gasteiger partial charge in [0.2, 0.25) is 12.2 Å². The lowest BCUT2D eigenvalue weighted by Gasteiger charge is -2.16. The minimum Gasteiger partial charge on any atom is -0.355 e. The van der Waals surface area contributed by atoms with Gasteiger partial charge in [0.1, 0.15) is 0 Å². The van der Waals surface area contributed by atoms with E-state index in [1.165, 1.54) is 0 Å². The Morgan fingerprint density at radius 2 is 2.17 bits per heavy atom. The molecule has 0 aliphatic carbocycles. The summed E-state index contributed by atoms with van der Waals surface area (Å²) in [4.78, 5) is 5.42. The lowest BCUT2D eigenvalue weighted by atomic mass is 10.2. The zero-order valence-electron chi connectivity index (χ0n) is 8.13. The molecular formula is C8H16N4. The molecule has 4 nitrogen and oxygen atoms in total. The summed E-state index contributed by atoms with van der Waals surface area (Å²) >= 11 is 0. The van der Waals surface area contributed by atoms with Crippen LogP contribution in [-0.4, -0.2) is 31.5 Å². The molecule has 0 heterocycles. The number of nitriles is 1. The fourth-order valence-corrected chi connectivity index (χ4v) is 0.640. The molecule has 0 saturated carbocycles. The Morgan fingerprint density at radius 3 is 2.50 bits per heavy atom. The van der Waals surface area contributed by atoms with Gasteiger partial charge in [-0.3, -0.25) is 0 Å². The van der Waals surface area contributed by atoms with Crippen LogP contribution < -0.4 is 5.32 Å². The molecule has 0 bridgehead atoms. The minimum atomic E-state index is 0.550. The van der Waals surface area contributed by atoms with E-state index >= 15 is 0 Å². The van der Waals surface area contributed by atoms with Gasteiger partial charge in [-0.25, -0.2) is 0 Å². The number of hydrogen-bond donors (Lipinski definition) is 1. The Hall–Kier alpha value is -1.24. The van der Waals surface area contributed by atoms with Gasteiger partial charge in [-0.15, -0.1) is 4.99 Å². The van der Waals surface area contributed by atoms with Crippen molar-refractivity contribution in [3.63, 3.8) is 0 Å². The molecule has 0 spiro atoms. The van der Waals surface area contributed by atoms with Crippen LogP contribution >= 0.6 is 0 Å². The minimum absolute atomic E-state index is 0.550. The molecule has 0 aromatic carbocycles. The fourth-order valence-electron chi connectivity index (χ4n) is 0.640. The highest BCUT2D eigenvalue weighted by molar-refractivity contribution is 5.80. The van der Waals surface area contributed by atoms with E-state index in [2.05, 4.69) is 24.2 Å². The third kappa shape index (κ3) is 4.56. The Labute approximate surface area is 73.9 Å². The van der Waals surface area contributed by atoms with Gasteiger partial charge in [-0.1, -0.05) is 13.8 Å². The molecule has 0 aliphatic heterocycles. The normalized spacial score (nSPS) is 11.2. The summed E-state index contributed by atoms with van der Waals surface area (Å²) in [6.07, 6.45) is 1.76. The molecule has 0 amide bonds. The van der Waals surface area contributed by atoms with E-state index < -0.39 is 0 Å². The maximum absolute atomic E-state index is 8.35. The predicted octanol–water partition coefficient (Wildman–Crippen LogP) is 0.631. The van der Waals surface area contributed by atoms with Crippen molar-refractivity contribution in [3.05, 3.63) is 0 Å². The van der Waals surface area contributed by atoms with E-state index in [-0.39, 0.29) is 0 Å². The average molecular weight is 168 g/mol. The van der Waals surface area contributed by atoms with Crippen LogP contribution in [0.2, 0.25) is 0 Å². The van der Waals surface area contributed by atoms with Crippen molar-refractivity contribution in [2.24, 2.45) is 10.9 Å². The molecule has 0 aromatic heterocycles. The topological polar surface area (TPSA) is 51.4 Å². The zero-order chi connectivity index (χ0) is 9.56. The second-order valence-corrected chi connectivity index (χ2v) is 3.20. The van der Waals surface area contributed by atoms with Crippen LogP contribution in [-0.2, 0) is 0 Å². The average Bonchev–Trinajstić information content (AvgIpc) is 1.96. The first-order chi connectivity index (χ1) is 5.57.